The molecule has 4 rings (SSSR count). The van der Waals surface area contributed by atoms with Gasteiger partial charge in [-0.05, 0) is 37.7 Å². The summed E-state index contributed by atoms with van der Waals surface area (Å²) in [5.74, 6) is 0.632. The summed E-state index contributed by atoms with van der Waals surface area (Å²) in [4.78, 5) is 24.7. The molecule has 8 nitrogen and oxygen atoms in total. The first kappa shape index (κ1) is 16.1. The van der Waals surface area contributed by atoms with Crippen molar-refractivity contribution >= 4 is 23.0 Å². The molecule has 1 amide bonds. The van der Waals surface area contributed by atoms with E-state index in [0.717, 1.165) is 45.4 Å². The fourth-order valence-corrected chi connectivity index (χ4v) is 3.99. The number of benzene rings is 1. The van der Waals surface area contributed by atoms with Crippen LogP contribution in [0.4, 0.5) is 17.1 Å². The number of fused-ring (bicyclic) bond motifs is 1. The van der Waals surface area contributed by atoms with Crippen LogP contribution < -0.4 is 15.0 Å². The van der Waals surface area contributed by atoms with E-state index >= 15 is 0 Å². The van der Waals surface area contributed by atoms with Gasteiger partial charge in [0.25, 0.3) is 11.6 Å². The molecule has 1 aromatic carbocycles. The highest BCUT2D eigenvalue weighted by Gasteiger charge is 2.32. The highest BCUT2D eigenvalue weighted by molar-refractivity contribution is 5.97. The van der Waals surface area contributed by atoms with Gasteiger partial charge in [-0.3, -0.25) is 14.9 Å². The minimum absolute atomic E-state index is 0.0189. The molecule has 3 heterocycles. The van der Waals surface area contributed by atoms with Gasteiger partial charge in [-0.2, -0.15) is 0 Å². The molecule has 3 aliphatic heterocycles. The third-order valence-electron chi connectivity index (χ3n) is 5.28. The lowest BCUT2D eigenvalue weighted by molar-refractivity contribution is -0.384. The number of nitrogens with one attached hydrogen (secondary N) is 1. The van der Waals surface area contributed by atoms with Crippen molar-refractivity contribution in [3.05, 3.63) is 22.2 Å². The average molecular weight is 347 g/mol. The Hall–Kier alpha value is -2.35. The van der Waals surface area contributed by atoms with E-state index in [2.05, 4.69) is 5.32 Å². The maximum Gasteiger partial charge on any atom is 0.296 e. The Morgan fingerprint density at radius 2 is 2.04 bits per heavy atom. The minimum atomic E-state index is -0.387. The molecule has 134 valence electrons. The second-order valence-electron chi connectivity index (χ2n) is 6.81. The fourth-order valence-electron chi connectivity index (χ4n) is 3.99. The van der Waals surface area contributed by atoms with Gasteiger partial charge < -0.3 is 19.7 Å². The zero-order chi connectivity index (χ0) is 17.4. The molecular formula is C17H21N3O5. The number of hydrogen-bond acceptors (Lipinski definition) is 6. The monoisotopic (exact) mass is 347 g/mol. The Morgan fingerprint density at radius 1 is 1.24 bits per heavy atom. The molecule has 0 spiro atoms. The number of carbonyl (C=O) groups excluding carboxylic acids is 1. The van der Waals surface area contributed by atoms with Crippen LogP contribution in [0.5, 0.6) is 5.75 Å². The molecule has 8 heteroatoms. The molecule has 3 aliphatic rings. The maximum absolute atomic E-state index is 11.5. The maximum atomic E-state index is 11.5. The van der Waals surface area contributed by atoms with Crippen molar-refractivity contribution in [2.75, 3.05) is 36.5 Å². The summed E-state index contributed by atoms with van der Waals surface area (Å²) in [7, 11) is 0. The Morgan fingerprint density at radius 3 is 2.72 bits per heavy atom. The van der Waals surface area contributed by atoms with Crippen LogP contribution in [0.1, 0.15) is 25.7 Å². The Labute approximate surface area is 145 Å². The molecule has 2 fully saturated rings. The molecule has 1 aromatic rings. The number of nitrogens with zero attached hydrogens (tertiary/aromatic N) is 2. The van der Waals surface area contributed by atoms with Crippen LogP contribution in [0.2, 0.25) is 0 Å². The SMILES string of the molecule is O=C1COc2cc([N+](=O)[O-])c(N3CCC(C4CCCO4)CC3)cc2N1. The van der Waals surface area contributed by atoms with Crippen molar-refractivity contribution in [1.82, 2.24) is 0 Å². The lowest BCUT2D eigenvalue weighted by atomic mass is 9.89. The van der Waals surface area contributed by atoms with E-state index < -0.39 is 0 Å². The second kappa shape index (κ2) is 6.51. The lowest BCUT2D eigenvalue weighted by Crippen LogP contribution is -2.38. The first-order valence-corrected chi connectivity index (χ1v) is 8.73. The smallest absolute Gasteiger partial charge is 0.296 e. The number of carbonyl (C=O) groups is 1. The van der Waals surface area contributed by atoms with E-state index in [9.17, 15) is 14.9 Å². The zero-order valence-corrected chi connectivity index (χ0v) is 13.9. The Balaban J connectivity index is 1.56. The number of hydrogen-bond donors (Lipinski definition) is 1. The van der Waals surface area contributed by atoms with Crippen molar-refractivity contribution in [2.45, 2.75) is 31.8 Å². The summed E-state index contributed by atoms with van der Waals surface area (Å²) in [5, 5.41) is 14.2. The average Bonchev–Trinajstić information content (AvgIpc) is 3.15. The van der Waals surface area contributed by atoms with Gasteiger partial charge in [0.15, 0.2) is 12.4 Å². The molecule has 0 aliphatic carbocycles. The number of nitro groups is 1. The summed E-state index contributed by atoms with van der Waals surface area (Å²) in [6.07, 6.45) is 4.51. The van der Waals surface area contributed by atoms with Gasteiger partial charge in [-0.1, -0.05) is 0 Å². The van der Waals surface area contributed by atoms with E-state index in [1.165, 1.54) is 6.07 Å². The summed E-state index contributed by atoms with van der Waals surface area (Å²) in [6, 6.07) is 3.08. The van der Waals surface area contributed by atoms with Crippen molar-refractivity contribution in [3.8, 4) is 5.75 Å². The van der Waals surface area contributed by atoms with Crippen LogP contribution in [0.3, 0.4) is 0 Å². The number of anilines is 2. The molecule has 0 aromatic heterocycles. The third-order valence-corrected chi connectivity index (χ3v) is 5.28. The number of piperidine rings is 1. The van der Waals surface area contributed by atoms with Crippen molar-refractivity contribution < 1.29 is 19.2 Å². The van der Waals surface area contributed by atoms with E-state index in [-0.39, 0.29) is 23.1 Å². The summed E-state index contributed by atoms with van der Waals surface area (Å²) in [6.45, 7) is 2.23. The van der Waals surface area contributed by atoms with Crippen molar-refractivity contribution in [1.29, 1.82) is 0 Å². The highest BCUT2D eigenvalue weighted by Crippen LogP contribution is 2.41. The first-order valence-electron chi connectivity index (χ1n) is 8.73. The summed E-state index contributed by atoms with van der Waals surface area (Å²) in [5.41, 5.74) is 1.06. The van der Waals surface area contributed by atoms with Crippen LogP contribution >= 0.6 is 0 Å². The van der Waals surface area contributed by atoms with Crippen molar-refractivity contribution in [2.24, 2.45) is 5.92 Å². The van der Waals surface area contributed by atoms with Crippen LogP contribution in [0.15, 0.2) is 12.1 Å². The zero-order valence-electron chi connectivity index (χ0n) is 13.9. The molecule has 1 unspecified atom stereocenters. The van der Waals surface area contributed by atoms with E-state index in [1.807, 2.05) is 4.90 Å². The van der Waals surface area contributed by atoms with Crippen molar-refractivity contribution in [3.63, 3.8) is 0 Å². The molecule has 0 radical (unpaired) electrons. The fraction of sp³-hybridized carbons (Fsp3) is 0.588. The van der Waals surface area contributed by atoms with E-state index in [0.29, 0.717) is 29.1 Å². The number of amides is 1. The normalized spacial score (nSPS) is 23.8. The van der Waals surface area contributed by atoms with Crippen LogP contribution in [0, 0.1) is 16.0 Å². The number of rotatable bonds is 3. The molecular weight excluding hydrogens is 326 g/mol. The van der Waals surface area contributed by atoms with Gasteiger partial charge in [0, 0.05) is 19.7 Å². The van der Waals surface area contributed by atoms with Crippen LogP contribution in [0.25, 0.3) is 0 Å². The first-order chi connectivity index (χ1) is 12.1. The molecule has 0 saturated carbocycles. The van der Waals surface area contributed by atoms with Gasteiger partial charge in [0.1, 0.15) is 5.69 Å². The molecule has 1 atom stereocenters. The third kappa shape index (κ3) is 3.13. The van der Waals surface area contributed by atoms with Gasteiger partial charge in [0.05, 0.1) is 22.8 Å². The van der Waals surface area contributed by atoms with Gasteiger partial charge in [0.2, 0.25) is 0 Å². The predicted molar refractivity (Wildman–Crippen MR) is 91.1 cm³/mol. The van der Waals surface area contributed by atoms with E-state index in [1.54, 1.807) is 6.07 Å². The standard InChI is InChI=1S/C17H21N3O5/c21-17-10-25-16-9-14(20(22)23)13(8-12(16)18-17)19-5-3-11(4-6-19)15-2-1-7-24-15/h8-9,11,15H,1-7,10H2,(H,18,21). The van der Waals surface area contributed by atoms with Gasteiger partial charge in [-0.15, -0.1) is 0 Å². The molecule has 25 heavy (non-hydrogen) atoms. The number of nitro benzene ring substituents is 1. The molecule has 2 saturated heterocycles. The number of ether oxygens (including phenoxy) is 2. The molecule has 1 N–H and O–H groups in total. The summed E-state index contributed by atoms with van der Waals surface area (Å²) >= 11 is 0. The quantitative estimate of drug-likeness (QED) is 0.666. The topological polar surface area (TPSA) is 93.9 Å². The largest absolute Gasteiger partial charge is 0.481 e. The van der Waals surface area contributed by atoms with Gasteiger partial charge in [-0.25, -0.2) is 0 Å². The Bertz CT molecular complexity index is 694. The van der Waals surface area contributed by atoms with Gasteiger partial charge >= 0.3 is 0 Å². The molecule has 0 bridgehead atoms. The lowest BCUT2D eigenvalue weighted by Gasteiger charge is -2.35. The predicted octanol–water partition coefficient (Wildman–Crippen LogP) is 2.32. The highest BCUT2D eigenvalue weighted by atomic mass is 16.6. The second-order valence-corrected chi connectivity index (χ2v) is 6.81. The summed E-state index contributed by atoms with van der Waals surface area (Å²) < 4.78 is 11.1. The minimum Gasteiger partial charge on any atom is -0.481 e. The van der Waals surface area contributed by atoms with Crippen LogP contribution in [-0.2, 0) is 9.53 Å². The Kier molecular flexibility index (Phi) is 4.20. The van der Waals surface area contributed by atoms with E-state index in [4.69, 9.17) is 9.47 Å². The van der Waals surface area contributed by atoms with Crippen LogP contribution in [-0.4, -0.2) is 43.2 Å².